The fourth-order valence-electron chi connectivity index (χ4n) is 3.21. The Morgan fingerprint density at radius 2 is 2.04 bits per heavy atom. The summed E-state index contributed by atoms with van der Waals surface area (Å²) in [6.45, 7) is 2.81. The molecule has 1 N–H and O–H groups in total. The molecule has 2 heterocycles. The smallest absolute Gasteiger partial charge is 0.193 e. The summed E-state index contributed by atoms with van der Waals surface area (Å²) in [5, 5.41) is 3.48. The van der Waals surface area contributed by atoms with Crippen LogP contribution in [0.1, 0.15) is 12.1 Å². The highest BCUT2D eigenvalue weighted by molar-refractivity contribution is 7.99. The number of pyridine rings is 1. The Morgan fingerprint density at radius 1 is 1.22 bits per heavy atom. The van der Waals surface area contributed by atoms with Gasteiger partial charge in [0.2, 0.25) is 0 Å². The van der Waals surface area contributed by atoms with Crippen molar-refractivity contribution in [3.63, 3.8) is 0 Å². The molecule has 0 spiro atoms. The lowest BCUT2D eigenvalue weighted by Gasteiger charge is -2.22. The van der Waals surface area contributed by atoms with Crippen molar-refractivity contribution in [2.24, 2.45) is 10.9 Å². The van der Waals surface area contributed by atoms with Crippen molar-refractivity contribution in [1.29, 1.82) is 0 Å². The number of thioether (sulfide) groups is 1. The lowest BCUT2D eigenvalue weighted by Crippen LogP contribution is -2.39. The molecule has 1 aromatic heterocycles. The maximum atomic E-state index is 4.67. The second kappa shape index (κ2) is 9.65. The first kappa shape index (κ1) is 19.5. The van der Waals surface area contributed by atoms with Gasteiger partial charge in [-0.15, -0.1) is 11.8 Å². The van der Waals surface area contributed by atoms with E-state index in [1.165, 1.54) is 11.3 Å². The summed E-state index contributed by atoms with van der Waals surface area (Å²) in [5.41, 5.74) is 1.03. The van der Waals surface area contributed by atoms with E-state index < -0.39 is 0 Å². The van der Waals surface area contributed by atoms with E-state index in [0.29, 0.717) is 12.5 Å². The third kappa shape index (κ3) is 5.63. The van der Waals surface area contributed by atoms with Crippen molar-refractivity contribution < 1.29 is 0 Å². The molecule has 144 valence electrons. The van der Waals surface area contributed by atoms with E-state index in [-0.39, 0.29) is 0 Å². The SMILES string of the molecule is CN=C(NCc1cccc(N(C)C)n1)N1CCC(CSc2ccccc2)C1. The zero-order valence-corrected chi connectivity index (χ0v) is 17.2. The summed E-state index contributed by atoms with van der Waals surface area (Å²) < 4.78 is 0. The van der Waals surface area contributed by atoms with E-state index in [1.807, 2.05) is 43.9 Å². The lowest BCUT2D eigenvalue weighted by atomic mass is 10.2. The van der Waals surface area contributed by atoms with Crippen LogP contribution >= 0.6 is 11.8 Å². The lowest BCUT2D eigenvalue weighted by molar-refractivity contribution is 0.473. The molecule has 1 aromatic carbocycles. The largest absolute Gasteiger partial charge is 0.363 e. The molecule has 0 saturated carbocycles. The maximum Gasteiger partial charge on any atom is 0.193 e. The van der Waals surface area contributed by atoms with E-state index in [9.17, 15) is 0 Å². The van der Waals surface area contributed by atoms with E-state index in [4.69, 9.17) is 0 Å². The molecule has 0 aliphatic carbocycles. The Labute approximate surface area is 166 Å². The number of hydrogen-bond donors (Lipinski definition) is 1. The molecule has 0 radical (unpaired) electrons. The van der Waals surface area contributed by atoms with Gasteiger partial charge < -0.3 is 15.1 Å². The van der Waals surface area contributed by atoms with Gasteiger partial charge in [-0.05, 0) is 36.6 Å². The Morgan fingerprint density at radius 3 is 2.78 bits per heavy atom. The van der Waals surface area contributed by atoms with Crippen molar-refractivity contribution in [1.82, 2.24) is 15.2 Å². The van der Waals surface area contributed by atoms with Gasteiger partial charge in [0, 0.05) is 44.9 Å². The molecule has 3 rings (SSSR count). The minimum absolute atomic E-state index is 0.689. The number of nitrogens with zero attached hydrogens (tertiary/aromatic N) is 4. The third-order valence-corrected chi connectivity index (χ3v) is 5.95. The van der Waals surface area contributed by atoms with E-state index in [0.717, 1.165) is 36.3 Å². The zero-order chi connectivity index (χ0) is 19.1. The minimum Gasteiger partial charge on any atom is -0.363 e. The predicted octanol–water partition coefficient (Wildman–Crippen LogP) is 3.34. The number of benzene rings is 1. The summed E-state index contributed by atoms with van der Waals surface area (Å²) in [4.78, 5) is 14.9. The predicted molar refractivity (Wildman–Crippen MR) is 116 cm³/mol. The molecule has 1 atom stereocenters. The van der Waals surface area contributed by atoms with Gasteiger partial charge >= 0.3 is 0 Å². The van der Waals surface area contributed by atoms with Crippen molar-refractivity contribution in [3.8, 4) is 0 Å². The average Bonchev–Trinajstić information content (AvgIpc) is 3.17. The fraction of sp³-hybridized carbons (Fsp3) is 0.429. The molecule has 1 unspecified atom stereocenters. The normalized spacial score (nSPS) is 17.2. The molecule has 0 bridgehead atoms. The molecule has 5 nitrogen and oxygen atoms in total. The van der Waals surface area contributed by atoms with Crippen LogP contribution in [-0.2, 0) is 6.54 Å². The number of nitrogens with one attached hydrogen (secondary N) is 1. The average molecular weight is 384 g/mol. The van der Waals surface area contributed by atoms with E-state index in [2.05, 4.69) is 62.7 Å². The first-order chi connectivity index (χ1) is 13.2. The Bertz CT molecular complexity index is 747. The van der Waals surface area contributed by atoms with Crippen LogP contribution in [0.15, 0.2) is 58.4 Å². The Hall–Kier alpha value is -2.21. The number of guanidine groups is 1. The molecule has 1 fully saturated rings. The summed E-state index contributed by atoms with van der Waals surface area (Å²) in [5.74, 6) is 3.80. The van der Waals surface area contributed by atoms with Gasteiger partial charge in [0.15, 0.2) is 5.96 Å². The van der Waals surface area contributed by atoms with Crippen LogP contribution in [-0.4, -0.2) is 55.8 Å². The molecule has 1 aliphatic heterocycles. The quantitative estimate of drug-likeness (QED) is 0.471. The summed E-state index contributed by atoms with van der Waals surface area (Å²) >= 11 is 1.95. The number of rotatable bonds is 6. The Balaban J connectivity index is 1.49. The number of aromatic nitrogens is 1. The number of anilines is 1. The molecule has 6 heteroatoms. The van der Waals surface area contributed by atoms with Crippen LogP contribution in [0, 0.1) is 5.92 Å². The van der Waals surface area contributed by atoms with Crippen LogP contribution in [0.5, 0.6) is 0 Å². The molecule has 0 amide bonds. The minimum atomic E-state index is 0.689. The number of hydrogen-bond acceptors (Lipinski definition) is 4. The summed E-state index contributed by atoms with van der Waals surface area (Å²) in [6, 6.07) is 16.8. The summed E-state index contributed by atoms with van der Waals surface area (Å²) in [6.07, 6.45) is 1.22. The molecule has 27 heavy (non-hydrogen) atoms. The summed E-state index contributed by atoms with van der Waals surface area (Å²) in [7, 11) is 5.88. The van der Waals surface area contributed by atoms with Gasteiger partial charge in [0.25, 0.3) is 0 Å². The van der Waals surface area contributed by atoms with Crippen LogP contribution in [0.25, 0.3) is 0 Å². The second-order valence-corrected chi connectivity index (χ2v) is 8.10. The number of likely N-dealkylation sites (tertiary alicyclic amines) is 1. The standard InChI is InChI=1S/C21H29N5S/c1-22-21(23-14-18-8-7-11-20(24-18)25(2)3)26-13-12-17(15-26)16-27-19-9-5-4-6-10-19/h4-11,17H,12-16H2,1-3H3,(H,22,23). The molecular formula is C21H29N5S. The van der Waals surface area contributed by atoms with E-state index in [1.54, 1.807) is 0 Å². The highest BCUT2D eigenvalue weighted by Gasteiger charge is 2.24. The molecular weight excluding hydrogens is 354 g/mol. The van der Waals surface area contributed by atoms with Gasteiger partial charge in [-0.25, -0.2) is 4.98 Å². The fourth-order valence-corrected chi connectivity index (χ4v) is 4.26. The van der Waals surface area contributed by atoms with Crippen LogP contribution < -0.4 is 10.2 Å². The highest BCUT2D eigenvalue weighted by Crippen LogP contribution is 2.25. The van der Waals surface area contributed by atoms with Crippen molar-refractivity contribution in [2.75, 3.05) is 44.9 Å². The maximum absolute atomic E-state index is 4.67. The van der Waals surface area contributed by atoms with Gasteiger partial charge in [0.1, 0.15) is 5.82 Å². The first-order valence-corrected chi connectivity index (χ1v) is 10.4. The van der Waals surface area contributed by atoms with Gasteiger partial charge in [0.05, 0.1) is 12.2 Å². The van der Waals surface area contributed by atoms with Gasteiger partial charge in [-0.1, -0.05) is 24.3 Å². The molecule has 2 aromatic rings. The third-order valence-electron chi connectivity index (χ3n) is 4.70. The van der Waals surface area contributed by atoms with Gasteiger partial charge in [-0.2, -0.15) is 0 Å². The topological polar surface area (TPSA) is 43.8 Å². The van der Waals surface area contributed by atoms with Crippen LogP contribution in [0.3, 0.4) is 0 Å². The van der Waals surface area contributed by atoms with Crippen LogP contribution in [0.2, 0.25) is 0 Å². The van der Waals surface area contributed by atoms with Crippen LogP contribution in [0.4, 0.5) is 5.82 Å². The van der Waals surface area contributed by atoms with Crippen molar-refractivity contribution in [2.45, 2.75) is 17.9 Å². The second-order valence-electron chi connectivity index (χ2n) is 7.01. The molecule has 1 saturated heterocycles. The zero-order valence-electron chi connectivity index (χ0n) is 16.4. The Kier molecular flexibility index (Phi) is 6.98. The molecule has 1 aliphatic rings. The monoisotopic (exact) mass is 383 g/mol. The highest BCUT2D eigenvalue weighted by atomic mass is 32.2. The van der Waals surface area contributed by atoms with Gasteiger partial charge in [-0.3, -0.25) is 4.99 Å². The first-order valence-electron chi connectivity index (χ1n) is 9.42. The number of aliphatic imine (C=N–C) groups is 1. The van der Waals surface area contributed by atoms with Crippen molar-refractivity contribution >= 4 is 23.5 Å². The van der Waals surface area contributed by atoms with Crippen molar-refractivity contribution in [3.05, 3.63) is 54.2 Å². The van der Waals surface area contributed by atoms with E-state index >= 15 is 0 Å².